The third-order valence-corrected chi connectivity index (χ3v) is 4.91. The number of rotatable bonds is 2. The minimum absolute atomic E-state index is 0.0633. The Morgan fingerprint density at radius 3 is 2.07 bits per heavy atom. The van der Waals surface area contributed by atoms with E-state index < -0.39 is 0 Å². The Hall–Kier alpha value is -2.88. The van der Waals surface area contributed by atoms with Gasteiger partial charge in [0.25, 0.3) is 5.91 Å². The van der Waals surface area contributed by atoms with Crippen LogP contribution in [0.4, 0.5) is 5.69 Å². The summed E-state index contributed by atoms with van der Waals surface area (Å²) in [6, 6.07) is 14.7. The van der Waals surface area contributed by atoms with Crippen LogP contribution < -0.4 is 10.7 Å². The van der Waals surface area contributed by atoms with Crippen molar-refractivity contribution in [1.82, 2.24) is 4.98 Å². The molecule has 0 aliphatic heterocycles. The lowest BCUT2D eigenvalue weighted by molar-refractivity contribution is 0.102. The monoisotopic (exact) mass is 376 g/mol. The number of carbonyl (C=O) groups is 1. The summed E-state index contributed by atoms with van der Waals surface area (Å²) in [7, 11) is 0. The molecule has 0 bridgehead atoms. The van der Waals surface area contributed by atoms with Gasteiger partial charge in [-0.25, -0.2) is 0 Å². The molecular formula is C24H28N2O2. The Bertz CT molecular complexity index is 1080. The standard InChI is InChI=1S/C24H28N2O2/c1-23(2,3)16-8-10-17(11-9-16)25-22(28)15-7-12-19-18(13-15)20(27)14-21(26-19)24(4,5)6/h7-14H,1-6H3,(H,25,28)(H,26,27). The molecule has 1 amide bonds. The zero-order chi connectivity index (χ0) is 20.7. The van der Waals surface area contributed by atoms with Crippen LogP contribution in [0.25, 0.3) is 10.9 Å². The molecule has 0 spiro atoms. The Labute approximate surface area is 166 Å². The Kier molecular flexibility index (Phi) is 4.92. The maximum atomic E-state index is 12.7. The number of fused-ring (bicyclic) bond motifs is 1. The van der Waals surface area contributed by atoms with Crippen molar-refractivity contribution in [2.75, 3.05) is 5.32 Å². The van der Waals surface area contributed by atoms with E-state index in [1.54, 1.807) is 24.3 Å². The molecule has 4 nitrogen and oxygen atoms in total. The first kappa shape index (κ1) is 19.9. The SMILES string of the molecule is CC(C)(C)c1ccc(NC(=O)c2ccc3[nH]c(C(C)(C)C)cc(=O)c3c2)cc1. The van der Waals surface area contributed by atoms with E-state index in [2.05, 4.69) is 51.8 Å². The number of benzene rings is 2. The molecule has 2 N–H and O–H groups in total. The highest BCUT2D eigenvalue weighted by atomic mass is 16.1. The average molecular weight is 377 g/mol. The molecule has 146 valence electrons. The van der Waals surface area contributed by atoms with Crippen LogP contribution in [0.2, 0.25) is 0 Å². The van der Waals surface area contributed by atoms with Gasteiger partial charge in [0.1, 0.15) is 0 Å². The first-order valence-corrected chi connectivity index (χ1v) is 9.54. The minimum atomic E-state index is -0.232. The Morgan fingerprint density at radius 2 is 1.50 bits per heavy atom. The van der Waals surface area contributed by atoms with E-state index in [1.165, 1.54) is 5.56 Å². The molecule has 0 fully saturated rings. The summed E-state index contributed by atoms with van der Waals surface area (Å²) in [5.74, 6) is -0.232. The minimum Gasteiger partial charge on any atom is -0.358 e. The molecule has 0 atom stereocenters. The van der Waals surface area contributed by atoms with Crippen molar-refractivity contribution in [2.24, 2.45) is 0 Å². The van der Waals surface area contributed by atoms with E-state index in [0.717, 1.165) is 16.9 Å². The van der Waals surface area contributed by atoms with Crippen LogP contribution in [0.15, 0.2) is 53.3 Å². The summed E-state index contributed by atoms with van der Waals surface area (Å²) in [4.78, 5) is 28.5. The average Bonchev–Trinajstić information content (AvgIpc) is 2.60. The van der Waals surface area contributed by atoms with Gasteiger partial charge in [0.15, 0.2) is 5.43 Å². The zero-order valence-corrected chi connectivity index (χ0v) is 17.4. The van der Waals surface area contributed by atoms with Crippen LogP contribution in [0.1, 0.15) is 63.2 Å². The molecule has 3 rings (SSSR count). The van der Waals surface area contributed by atoms with Gasteiger partial charge in [-0.1, -0.05) is 53.7 Å². The lowest BCUT2D eigenvalue weighted by Crippen LogP contribution is -2.18. The number of H-pyrrole nitrogens is 1. The van der Waals surface area contributed by atoms with Crippen molar-refractivity contribution in [3.8, 4) is 0 Å². The fraction of sp³-hybridized carbons (Fsp3) is 0.333. The molecule has 0 aliphatic carbocycles. The molecule has 1 aromatic heterocycles. The lowest BCUT2D eigenvalue weighted by Gasteiger charge is -2.19. The molecule has 0 radical (unpaired) electrons. The first-order valence-electron chi connectivity index (χ1n) is 9.54. The lowest BCUT2D eigenvalue weighted by atomic mass is 9.87. The number of pyridine rings is 1. The van der Waals surface area contributed by atoms with E-state index in [0.29, 0.717) is 10.9 Å². The smallest absolute Gasteiger partial charge is 0.255 e. The number of hydrogen-bond acceptors (Lipinski definition) is 2. The highest BCUT2D eigenvalue weighted by molar-refractivity contribution is 6.06. The second-order valence-electron chi connectivity index (χ2n) is 9.34. The molecule has 0 saturated heterocycles. The number of carbonyl (C=O) groups excluding carboxylic acids is 1. The fourth-order valence-corrected chi connectivity index (χ4v) is 3.05. The molecule has 1 heterocycles. The van der Waals surface area contributed by atoms with Gasteiger partial charge in [-0.3, -0.25) is 9.59 Å². The predicted molar refractivity (Wildman–Crippen MR) is 116 cm³/mol. The molecule has 0 unspecified atom stereocenters. The summed E-state index contributed by atoms with van der Waals surface area (Å²) < 4.78 is 0. The van der Waals surface area contributed by atoms with Crippen LogP contribution in [0.5, 0.6) is 0 Å². The van der Waals surface area contributed by atoms with Gasteiger partial charge in [-0.15, -0.1) is 0 Å². The summed E-state index contributed by atoms with van der Waals surface area (Å²) in [5.41, 5.74) is 3.84. The summed E-state index contributed by atoms with van der Waals surface area (Å²) >= 11 is 0. The van der Waals surface area contributed by atoms with E-state index >= 15 is 0 Å². The largest absolute Gasteiger partial charge is 0.358 e. The van der Waals surface area contributed by atoms with Crippen LogP contribution in [0, 0.1) is 0 Å². The van der Waals surface area contributed by atoms with Crippen LogP contribution in [-0.2, 0) is 10.8 Å². The van der Waals surface area contributed by atoms with Crippen LogP contribution in [0.3, 0.4) is 0 Å². The third kappa shape index (κ3) is 4.16. The molecule has 4 heteroatoms. The van der Waals surface area contributed by atoms with Crippen molar-refractivity contribution in [3.05, 3.63) is 75.6 Å². The topological polar surface area (TPSA) is 62.0 Å². The number of aromatic nitrogens is 1. The van der Waals surface area contributed by atoms with Crippen molar-refractivity contribution in [2.45, 2.75) is 52.4 Å². The highest BCUT2D eigenvalue weighted by Gasteiger charge is 2.17. The van der Waals surface area contributed by atoms with Crippen molar-refractivity contribution >= 4 is 22.5 Å². The van der Waals surface area contributed by atoms with Gasteiger partial charge in [-0.05, 0) is 41.3 Å². The summed E-state index contributed by atoms with van der Waals surface area (Å²) in [5, 5.41) is 3.42. The van der Waals surface area contributed by atoms with E-state index in [-0.39, 0.29) is 22.2 Å². The van der Waals surface area contributed by atoms with Crippen LogP contribution in [-0.4, -0.2) is 10.9 Å². The van der Waals surface area contributed by atoms with Gasteiger partial charge in [-0.2, -0.15) is 0 Å². The molecular weight excluding hydrogens is 348 g/mol. The van der Waals surface area contributed by atoms with Gasteiger partial charge < -0.3 is 10.3 Å². The summed E-state index contributed by atoms with van der Waals surface area (Å²) in [6.07, 6.45) is 0. The first-order chi connectivity index (χ1) is 12.9. The number of aromatic amines is 1. The van der Waals surface area contributed by atoms with E-state index in [9.17, 15) is 9.59 Å². The van der Waals surface area contributed by atoms with Crippen molar-refractivity contribution in [3.63, 3.8) is 0 Å². The molecule has 28 heavy (non-hydrogen) atoms. The van der Waals surface area contributed by atoms with E-state index in [1.807, 2.05) is 24.3 Å². The van der Waals surface area contributed by atoms with Gasteiger partial charge in [0.2, 0.25) is 0 Å². The molecule has 0 aliphatic rings. The quantitative estimate of drug-likeness (QED) is 0.631. The number of nitrogens with one attached hydrogen (secondary N) is 2. The maximum Gasteiger partial charge on any atom is 0.255 e. The predicted octanol–water partition coefficient (Wildman–Crippen LogP) is 5.38. The second kappa shape index (κ2) is 6.93. The number of anilines is 1. The van der Waals surface area contributed by atoms with E-state index in [4.69, 9.17) is 0 Å². The number of amides is 1. The highest BCUT2D eigenvalue weighted by Crippen LogP contribution is 2.24. The Morgan fingerprint density at radius 1 is 0.857 bits per heavy atom. The fourth-order valence-electron chi connectivity index (χ4n) is 3.05. The van der Waals surface area contributed by atoms with Gasteiger partial charge >= 0.3 is 0 Å². The zero-order valence-electron chi connectivity index (χ0n) is 17.4. The Balaban J connectivity index is 1.88. The second-order valence-corrected chi connectivity index (χ2v) is 9.34. The van der Waals surface area contributed by atoms with Crippen molar-refractivity contribution < 1.29 is 4.79 Å². The van der Waals surface area contributed by atoms with Gasteiger partial charge in [0, 0.05) is 39.3 Å². The number of hydrogen-bond donors (Lipinski definition) is 2. The van der Waals surface area contributed by atoms with Gasteiger partial charge in [0.05, 0.1) is 0 Å². The summed E-state index contributed by atoms with van der Waals surface area (Å²) in [6.45, 7) is 12.6. The molecule has 0 saturated carbocycles. The van der Waals surface area contributed by atoms with Crippen molar-refractivity contribution in [1.29, 1.82) is 0 Å². The molecule has 2 aromatic carbocycles. The molecule has 3 aromatic rings. The van der Waals surface area contributed by atoms with Crippen LogP contribution >= 0.6 is 0 Å². The third-order valence-electron chi connectivity index (χ3n) is 4.91. The normalized spacial score (nSPS) is 12.2. The maximum absolute atomic E-state index is 12.7.